The van der Waals surface area contributed by atoms with Crippen LogP contribution in [0.15, 0.2) is 34.5 Å². The highest BCUT2D eigenvalue weighted by atomic mass is 32.1. The summed E-state index contributed by atoms with van der Waals surface area (Å²) in [6.45, 7) is 6.14. The molecule has 0 unspecified atom stereocenters. The molecule has 0 bridgehead atoms. The summed E-state index contributed by atoms with van der Waals surface area (Å²) in [6, 6.07) is 4.28. The average Bonchev–Trinajstić information content (AvgIpc) is 2.90. The molecule has 0 fully saturated rings. The highest BCUT2D eigenvalue weighted by Crippen LogP contribution is 2.26. The Bertz CT molecular complexity index is 406. The molecule has 2 heterocycles. The Balaban J connectivity index is 1.85. The number of aromatic nitrogens is 1. The lowest BCUT2D eigenvalue weighted by atomic mass is 9.91. The van der Waals surface area contributed by atoms with Gasteiger partial charge in [0.05, 0.1) is 12.7 Å². The standard InChI is InChI=1S/C12H16N2OS/c1-12(2,11-4-3-5-16-11)8-13-6-10-7-14-9-15-10/h3-5,7,9,13H,6,8H2,1-2H3. The molecule has 2 aromatic heterocycles. The van der Waals surface area contributed by atoms with Crippen LogP contribution >= 0.6 is 11.3 Å². The molecule has 0 spiro atoms. The van der Waals surface area contributed by atoms with Crippen molar-refractivity contribution in [2.75, 3.05) is 6.54 Å². The van der Waals surface area contributed by atoms with Crippen molar-refractivity contribution < 1.29 is 4.42 Å². The number of oxazole rings is 1. The third kappa shape index (κ3) is 2.71. The van der Waals surface area contributed by atoms with E-state index < -0.39 is 0 Å². The first-order chi connectivity index (χ1) is 7.68. The van der Waals surface area contributed by atoms with E-state index in [9.17, 15) is 0 Å². The maximum atomic E-state index is 5.17. The zero-order valence-corrected chi connectivity index (χ0v) is 10.4. The Morgan fingerprint density at radius 1 is 1.50 bits per heavy atom. The van der Waals surface area contributed by atoms with Gasteiger partial charge in [-0.25, -0.2) is 4.98 Å². The summed E-state index contributed by atoms with van der Waals surface area (Å²) in [5, 5.41) is 5.51. The van der Waals surface area contributed by atoms with E-state index in [1.165, 1.54) is 11.3 Å². The molecule has 0 saturated carbocycles. The zero-order valence-electron chi connectivity index (χ0n) is 9.56. The Labute approximate surface area is 99.5 Å². The number of thiophene rings is 1. The quantitative estimate of drug-likeness (QED) is 0.867. The molecule has 3 nitrogen and oxygen atoms in total. The van der Waals surface area contributed by atoms with Crippen LogP contribution in [0.3, 0.4) is 0 Å². The highest BCUT2D eigenvalue weighted by Gasteiger charge is 2.20. The van der Waals surface area contributed by atoms with Gasteiger partial charge in [0, 0.05) is 16.8 Å². The number of nitrogens with one attached hydrogen (secondary N) is 1. The molecule has 0 aliphatic carbocycles. The van der Waals surface area contributed by atoms with Crippen molar-refractivity contribution >= 4 is 11.3 Å². The van der Waals surface area contributed by atoms with E-state index in [0.717, 1.165) is 18.8 Å². The minimum atomic E-state index is 0.161. The predicted octanol–water partition coefficient (Wildman–Crippen LogP) is 2.80. The molecule has 0 aliphatic heterocycles. The molecule has 0 aliphatic rings. The fourth-order valence-corrected chi connectivity index (χ4v) is 2.43. The lowest BCUT2D eigenvalue weighted by Gasteiger charge is -2.23. The van der Waals surface area contributed by atoms with Gasteiger partial charge in [0.2, 0.25) is 0 Å². The van der Waals surface area contributed by atoms with Crippen LogP contribution in [0.2, 0.25) is 0 Å². The fraction of sp³-hybridized carbons (Fsp3) is 0.417. The molecule has 4 heteroatoms. The molecule has 0 aromatic carbocycles. The smallest absolute Gasteiger partial charge is 0.180 e. The average molecular weight is 236 g/mol. The molecule has 2 rings (SSSR count). The second kappa shape index (κ2) is 4.80. The zero-order chi connectivity index (χ0) is 11.4. The van der Waals surface area contributed by atoms with Gasteiger partial charge in [-0.1, -0.05) is 19.9 Å². The van der Waals surface area contributed by atoms with Gasteiger partial charge < -0.3 is 9.73 Å². The monoisotopic (exact) mass is 236 g/mol. The summed E-state index contributed by atoms with van der Waals surface area (Å²) in [6.07, 6.45) is 3.20. The fourth-order valence-electron chi connectivity index (χ4n) is 1.58. The van der Waals surface area contributed by atoms with Gasteiger partial charge in [0.25, 0.3) is 0 Å². The third-order valence-corrected chi connectivity index (χ3v) is 3.77. The summed E-state index contributed by atoms with van der Waals surface area (Å²) in [4.78, 5) is 5.28. The highest BCUT2D eigenvalue weighted by molar-refractivity contribution is 7.10. The van der Waals surface area contributed by atoms with Gasteiger partial charge in [0.1, 0.15) is 5.76 Å². The first-order valence-corrected chi connectivity index (χ1v) is 6.18. The van der Waals surface area contributed by atoms with Crippen molar-refractivity contribution in [2.24, 2.45) is 0 Å². The molecule has 0 radical (unpaired) electrons. The third-order valence-electron chi connectivity index (χ3n) is 2.54. The molecule has 0 amide bonds. The van der Waals surface area contributed by atoms with Crippen molar-refractivity contribution in [3.05, 3.63) is 40.7 Å². The van der Waals surface area contributed by atoms with Crippen LogP contribution in [0.25, 0.3) is 0 Å². The Morgan fingerprint density at radius 2 is 2.38 bits per heavy atom. The lowest BCUT2D eigenvalue weighted by Crippen LogP contribution is -2.31. The molecule has 86 valence electrons. The second-order valence-electron chi connectivity index (χ2n) is 4.43. The minimum Gasteiger partial charge on any atom is -0.447 e. The first-order valence-electron chi connectivity index (χ1n) is 5.30. The van der Waals surface area contributed by atoms with E-state index in [1.807, 2.05) is 0 Å². The van der Waals surface area contributed by atoms with Crippen LogP contribution in [-0.2, 0) is 12.0 Å². The van der Waals surface area contributed by atoms with Crippen LogP contribution in [0.1, 0.15) is 24.5 Å². The molecule has 2 aromatic rings. The summed E-state index contributed by atoms with van der Waals surface area (Å²) < 4.78 is 5.17. The number of rotatable bonds is 5. The van der Waals surface area contributed by atoms with Crippen LogP contribution < -0.4 is 5.32 Å². The van der Waals surface area contributed by atoms with Crippen molar-refractivity contribution in [1.82, 2.24) is 10.3 Å². The molecule has 1 N–H and O–H groups in total. The summed E-state index contributed by atoms with van der Waals surface area (Å²) in [5.41, 5.74) is 0.161. The summed E-state index contributed by atoms with van der Waals surface area (Å²) >= 11 is 1.80. The van der Waals surface area contributed by atoms with Crippen LogP contribution in [-0.4, -0.2) is 11.5 Å². The van der Waals surface area contributed by atoms with E-state index in [4.69, 9.17) is 4.42 Å². The molecular weight excluding hydrogens is 220 g/mol. The minimum absolute atomic E-state index is 0.161. The van der Waals surface area contributed by atoms with E-state index in [0.29, 0.717) is 0 Å². The first kappa shape index (κ1) is 11.4. The van der Waals surface area contributed by atoms with E-state index in [2.05, 4.69) is 41.7 Å². The predicted molar refractivity (Wildman–Crippen MR) is 65.6 cm³/mol. The summed E-state index contributed by atoms with van der Waals surface area (Å²) in [7, 11) is 0. The van der Waals surface area contributed by atoms with Gasteiger partial charge in [-0.05, 0) is 11.4 Å². The van der Waals surface area contributed by atoms with Gasteiger partial charge in [-0.15, -0.1) is 11.3 Å². The van der Waals surface area contributed by atoms with Gasteiger partial charge in [-0.2, -0.15) is 0 Å². The van der Waals surface area contributed by atoms with E-state index in [1.54, 1.807) is 17.5 Å². The molecule has 16 heavy (non-hydrogen) atoms. The Hall–Kier alpha value is -1.13. The molecule has 0 saturated heterocycles. The number of hydrogen-bond acceptors (Lipinski definition) is 4. The van der Waals surface area contributed by atoms with Crippen molar-refractivity contribution in [3.8, 4) is 0 Å². The van der Waals surface area contributed by atoms with E-state index in [-0.39, 0.29) is 5.41 Å². The van der Waals surface area contributed by atoms with Crippen LogP contribution in [0, 0.1) is 0 Å². The molecular formula is C12H16N2OS. The second-order valence-corrected chi connectivity index (χ2v) is 5.38. The number of hydrogen-bond donors (Lipinski definition) is 1. The van der Waals surface area contributed by atoms with Gasteiger partial charge in [-0.3, -0.25) is 0 Å². The maximum absolute atomic E-state index is 5.17. The van der Waals surface area contributed by atoms with E-state index >= 15 is 0 Å². The van der Waals surface area contributed by atoms with Crippen LogP contribution in [0.4, 0.5) is 0 Å². The topological polar surface area (TPSA) is 38.1 Å². The summed E-state index contributed by atoms with van der Waals surface area (Å²) in [5.74, 6) is 0.877. The van der Waals surface area contributed by atoms with Crippen molar-refractivity contribution in [1.29, 1.82) is 0 Å². The largest absolute Gasteiger partial charge is 0.447 e. The Morgan fingerprint density at radius 3 is 3.00 bits per heavy atom. The molecule has 0 atom stereocenters. The van der Waals surface area contributed by atoms with Crippen LogP contribution in [0.5, 0.6) is 0 Å². The van der Waals surface area contributed by atoms with Crippen molar-refractivity contribution in [2.45, 2.75) is 25.8 Å². The Kier molecular flexibility index (Phi) is 3.41. The maximum Gasteiger partial charge on any atom is 0.180 e. The SMILES string of the molecule is CC(C)(CNCc1cnco1)c1cccs1. The normalized spacial score (nSPS) is 11.9. The lowest BCUT2D eigenvalue weighted by molar-refractivity contribution is 0.435. The van der Waals surface area contributed by atoms with Gasteiger partial charge in [0.15, 0.2) is 6.39 Å². The number of nitrogens with zero attached hydrogens (tertiary/aromatic N) is 1. The van der Waals surface area contributed by atoms with Gasteiger partial charge >= 0.3 is 0 Å². The van der Waals surface area contributed by atoms with Crippen molar-refractivity contribution in [3.63, 3.8) is 0 Å².